The Hall–Kier alpha value is -1.90. The molecule has 0 radical (unpaired) electrons. The number of pyridine rings is 1. The normalized spacial score (nSPS) is 13.6. The van der Waals surface area contributed by atoms with E-state index in [1.807, 2.05) is 0 Å². The molecular weight excluding hydrogens is 314 g/mol. The predicted molar refractivity (Wildman–Crippen MR) is 77.5 cm³/mol. The van der Waals surface area contributed by atoms with E-state index >= 15 is 0 Å². The predicted octanol–water partition coefficient (Wildman–Crippen LogP) is 1.75. The SMILES string of the molecule is CC(NS(=O)(=O)c1c(Cl)nc2ccccn12)c1ncc[nH]1. The van der Waals surface area contributed by atoms with E-state index in [0.717, 1.165) is 0 Å². The van der Waals surface area contributed by atoms with Gasteiger partial charge in [-0.05, 0) is 19.1 Å². The molecule has 0 saturated carbocycles. The number of sulfonamides is 1. The fourth-order valence-electron chi connectivity index (χ4n) is 2.04. The molecular formula is C12H12ClN5O2S. The van der Waals surface area contributed by atoms with Gasteiger partial charge >= 0.3 is 0 Å². The van der Waals surface area contributed by atoms with E-state index in [-0.39, 0.29) is 10.2 Å². The third-order valence-electron chi connectivity index (χ3n) is 2.96. The molecule has 3 heterocycles. The molecule has 3 rings (SSSR count). The highest BCUT2D eigenvalue weighted by Crippen LogP contribution is 2.23. The van der Waals surface area contributed by atoms with Gasteiger partial charge in [0.2, 0.25) is 0 Å². The van der Waals surface area contributed by atoms with Crippen LogP contribution in [0.4, 0.5) is 0 Å². The lowest BCUT2D eigenvalue weighted by molar-refractivity contribution is 0.556. The molecule has 2 N–H and O–H groups in total. The zero-order valence-electron chi connectivity index (χ0n) is 11.0. The zero-order chi connectivity index (χ0) is 15.0. The third-order valence-corrected chi connectivity index (χ3v) is 4.90. The first-order valence-electron chi connectivity index (χ1n) is 6.13. The van der Waals surface area contributed by atoms with Gasteiger partial charge in [-0.25, -0.2) is 18.4 Å². The molecule has 7 nitrogen and oxygen atoms in total. The maximum Gasteiger partial charge on any atom is 0.260 e. The van der Waals surface area contributed by atoms with Gasteiger partial charge in [0.05, 0.1) is 6.04 Å². The smallest absolute Gasteiger partial charge is 0.260 e. The molecule has 0 aliphatic heterocycles. The Morgan fingerprint density at radius 2 is 2.24 bits per heavy atom. The Kier molecular flexibility index (Phi) is 3.44. The third kappa shape index (κ3) is 2.53. The average molecular weight is 326 g/mol. The van der Waals surface area contributed by atoms with Gasteiger partial charge < -0.3 is 4.98 Å². The first-order chi connectivity index (χ1) is 9.99. The minimum absolute atomic E-state index is 0.0691. The van der Waals surface area contributed by atoms with Crippen LogP contribution in [-0.2, 0) is 10.0 Å². The molecule has 0 saturated heterocycles. The highest BCUT2D eigenvalue weighted by molar-refractivity contribution is 7.89. The van der Waals surface area contributed by atoms with E-state index in [2.05, 4.69) is 19.7 Å². The quantitative estimate of drug-likeness (QED) is 0.764. The van der Waals surface area contributed by atoms with E-state index in [0.29, 0.717) is 11.5 Å². The van der Waals surface area contributed by atoms with Crippen molar-refractivity contribution in [1.29, 1.82) is 0 Å². The Morgan fingerprint density at radius 1 is 1.43 bits per heavy atom. The largest absolute Gasteiger partial charge is 0.347 e. The second kappa shape index (κ2) is 5.14. The standard InChI is InChI=1S/C12H12ClN5O2S/c1-8(11-14-5-6-15-11)17-21(19,20)12-10(13)16-9-4-2-3-7-18(9)12/h2-8,17H,1H3,(H,14,15). The fourth-order valence-corrected chi connectivity index (χ4v) is 3.90. The van der Waals surface area contributed by atoms with Gasteiger partial charge in [-0.15, -0.1) is 0 Å². The maximum absolute atomic E-state index is 12.5. The van der Waals surface area contributed by atoms with Crippen LogP contribution in [0.15, 0.2) is 41.8 Å². The number of imidazole rings is 2. The summed E-state index contributed by atoms with van der Waals surface area (Å²) in [7, 11) is -3.84. The molecule has 0 spiro atoms. The van der Waals surface area contributed by atoms with Crippen LogP contribution >= 0.6 is 11.6 Å². The summed E-state index contributed by atoms with van der Waals surface area (Å²) in [5.41, 5.74) is 0.466. The highest BCUT2D eigenvalue weighted by Gasteiger charge is 2.26. The van der Waals surface area contributed by atoms with Gasteiger partial charge in [-0.1, -0.05) is 17.7 Å². The number of H-pyrrole nitrogens is 1. The highest BCUT2D eigenvalue weighted by atomic mass is 35.5. The second-order valence-corrected chi connectivity index (χ2v) is 6.44. The van der Waals surface area contributed by atoms with Crippen LogP contribution in [0, 0.1) is 0 Å². The summed E-state index contributed by atoms with van der Waals surface area (Å²) in [6.07, 6.45) is 4.78. The van der Waals surface area contributed by atoms with E-state index < -0.39 is 16.1 Å². The molecule has 0 aliphatic carbocycles. The number of aromatic nitrogens is 4. The number of nitrogens with zero attached hydrogens (tertiary/aromatic N) is 3. The Labute approximate surface area is 126 Å². The molecule has 21 heavy (non-hydrogen) atoms. The molecule has 0 bridgehead atoms. The summed E-state index contributed by atoms with van der Waals surface area (Å²) in [6.45, 7) is 1.69. The number of fused-ring (bicyclic) bond motifs is 1. The molecule has 9 heteroatoms. The van der Waals surface area contributed by atoms with Crippen LogP contribution in [0.2, 0.25) is 5.15 Å². The molecule has 0 amide bonds. The van der Waals surface area contributed by atoms with Crippen molar-refractivity contribution in [3.63, 3.8) is 0 Å². The molecule has 3 aromatic heterocycles. The van der Waals surface area contributed by atoms with Gasteiger partial charge in [-0.2, -0.15) is 4.72 Å². The summed E-state index contributed by atoms with van der Waals surface area (Å²) in [6, 6.07) is 4.63. The number of hydrogen-bond donors (Lipinski definition) is 2. The van der Waals surface area contributed by atoms with Gasteiger partial charge in [0, 0.05) is 18.6 Å². The summed E-state index contributed by atoms with van der Waals surface area (Å²) in [4.78, 5) is 10.9. The van der Waals surface area contributed by atoms with Crippen LogP contribution in [0.3, 0.4) is 0 Å². The summed E-state index contributed by atoms with van der Waals surface area (Å²) < 4.78 is 29.0. The van der Waals surface area contributed by atoms with Crippen molar-refractivity contribution >= 4 is 27.3 Å². The van der Waals surface area contributed by atoms with Gasteiger partial charge in [0.25, 0.3) is 10.0 Å². The molecule has 1 atom stereocenters. The van der Waals surface area contributed by atoms with Crippen LogP contribution < -0.4 is 4.72 Å². The summed E-state index contributed by atoms with van der Waals surface area (Å²) in [5.74, 6) is 0.517. The molecule has 0 aliphatic rings. The number of aromatic amines is 1. The Morgan fingerprint density at radius 3 is 2.95 bits per heavy atom. The summed E-state index contributed by atoms with van der Waals surface area (Å²) >= 11 is 5.99. The number of nitrogens with one attached hydrogen (secondary N) is 2. The molecule has 0 aromatic carbocycles. The van der Waals surface area contributed by atoms with Crippen molar-refractivity contribution < 1.29 is 8.42 Å². The second-order valence-electron chi connectivity index (χ2n) is 4.45. The van der Waals surface area contributed by atoms with Crippen molar-refractivity contribution in [2.45, 2.75) is 18.0 Å². The lowest BCUT2D eigenvalue weighted by atomic mass is 10.3. The molecule has 3 aromatic rings. The molecule has 0 fully saturated rings. The molecule has 110 valence electrons. The van der Waals surface area contributed by atoms with Crippen LogP contribution in [0.5, 0.6) is 0 Å². The van der Waals surface area contributed by atoms with Gasteiger partial charge in [0.1, 0.15) is 11.5 Å². The van der Waals surface area contributed by atoms with Crippen molar-refractivity contribution in [3.05, 3.63) is 47.8 Å². The van der Waals surface area contributed by atoms with Crippen molar-refractivity contribution in [3.8, 4) is 0 Å². The minimum atomic E-state index is -3.84. The average Bonchev–Trinajstić information content (AvgIpc) is 3.04. The summed E-state index contributed by atoms with van der Waals surface area (Å²) in [5, 5.41) is -0.154. The van der Waals surface area contributed by atoms with Gasteiger partial charge in [-0.3, -0.25) is 4.40 Å². The minimum Gasteiger partial charge on any atom is -0.347 e. The maximum atomic E-state index is 12.5. The molecule has 1 unspecified atom stereocenters. The topological polar surface area (TPSA) is 92.2 Å². The van der Waals surface area contributed by atoms with E-state index in [1.54, 1.807) is 43.7 Å². The van der Waals surface area contributed by atoms with E-state index in [4.69, 9.17) is 11.6 Å². The van der Waals surface area contributed by atoms with Gasteiger partial charge in [0.15, 0.2) is 10.2 Å². The first kappa shape index (κ1) is 14.1. The monoisotopic (exact) mass is 325 g/mol. The van der Waals surface area contributed by atoms with Crippen LogP contribution in [0.25, 0.3) is 5.65 Å². The lowest BCUT2D eigenvalue weighted by Crippen LogP contribution is -2.28. The van der Waals surface area contributed by atoms with Crippen molar-refractivity contribution in [2.75, 3.05) is 0 Å². The van der Waals surface area contributed by atoms with E-state index in [1.165, 1.54) is 4.40 Å². The Bertz CT molecular complexity index is 872. The van der Waals surface area contributed by atoms with Crippen molar-refractivity contribution in [2.24, 2.45) is 0 Å². The number of halogens is 1. The van der Waals surface area contributed by atoms with E-state index in [9.17, 15) is 8.42 Å². The lowest BCUT2D eigenvalue weighted by Gasteiger charge is -2.12. The van der Waals surface area contributed by atoms with Crippen LogP contribution in [0.1, 0.15) is 18.8 Å². The zero-order valence-corrected chi connectivity index (χ0v) is 12.6. The number of rotatable bonds is 4. The first-order valence-corrected chi connectivity index (χ1v) is 7.99. The van der Waals surface area contributed by atoms with Crippen molar-refractivity contribution in [1.82, 2.24) is 24.1 Å². The number of hydrogen-bond acceptors (Lipinski definition) is 4. The fraction of sp³-hybridized carbons (Fsp3) is 0.167. The Balaban J connectivity index is 2.03. The van der Waals surface area contributed by atoms with Crippen LogP contribution in [-0.4, -0.2) is 27.8 Å².